The molecule has 1 aromatic carbocycles. The number of carbonyl (C=O) groups excluding carboxylic acids is 1. The second-order valence-corrected chi connectivity index (χ2v) is 4.79. The smallest absolute Gasteiger partial charge is 0.195 e. The number of hydrogen-bond acceptors (Lipinski definition) is 3. The van der Waals surface area contributed by atoms with Crippen LogP contribution in [-0.2, 0) is 0 Å². The first kappa shape index (κ1) is 13.3. The van der Waals surface area contributed by atoms with Gasteiger partial charge in [-0.3, -0.25) is 4.79 Å². The highest BCUT2D eigenvalue weighted by Gasteiger charge is 2.01. The zero-order valence-electron chi connectivity index (χ0n) is 10.4. The number of ether oxygens (including phenoxy) is 1. The third kappa shape index (κ3) is 3.93. The number of rotatable bonds is 6. The monoisotopic (exact) mass is 270 g/mol. The van der Waals surface area contributed by atoms with Crippen LogP contribution in [0.2, 0.25) is 0 Å². The first-order valence-corrected chi connectivity index (χ1v) is 6.77. The van der Waals surface area contributed by atoms with E-state index in [2.05, 4.69) is 6.58 Å². The van der Waals surface area contributed by atoms with Gasteiger partial charge in [-0.25, -0.2) is 0 Å². The number of hydrogen-bond donors (Lipinski definition) is 0. The Hall–Kier alpha value is -2.13. The van der Waals surface area contributed by atoms with Gasteiger partial charge in [-0.05, 0) is 35.2 Å². The highest BCUT2D eigenvalue weighted by molar-refractivity contribution is 7.12. The largest absolute Gasteiger partial charge is 0.490 e. The molecule has 0 aliphatic heterocycles. The minimum Gasteiger partial charge on any atom is -0.490 e. The lowest BCUT2D eigenvalue weighted by Crippen LogP contribution is -1.92. The summed E-state index contributed by atoms with van der Waals surface area (Å²) in [6, 6.07) is 11.3. The minimum absolute atomic E-state index is 0.0208. The molecule has 2 nitrogen and oxygen atoms in total. The van der Waals surface area contributed by atoms with E-state index in [0.717, 1.165) is 16.2 Å². The Balaban J connectivity index is 2.06. The summed E-state index contributed by atoms with van der Waals surface area (Å²) in [4.78, 5) is 12.6. The van der Waals surface area contributed by atoms with Crippen LogP contribution in [-0.4, -0.2) is 12.4 Å². The van der Waals surface area contributed by atoms with Crippen LogP contribution in [0.15, 0.2) is 60.5 Å². The summed E-state index contributed by atoms with van der Waals surface area (Å²) >= 11 is 1.44. The summed E-state index contributed by atoms with van der Waals surface area (Å²) in [7, 11) is 0. The van der Waals surface area contributed by atoms with Crippen molar-refractivity contribution in [3.8, 4) is 5.75 Å². The molecule has 0 spiro atoms. The predicted molar refractivity (Wildman–Crippen MR) is 79.8 cm³/mol. The third-order valence-electron chi connectivity index (χ3n) is 2.42. The number of ketones is 1. The lowest BCUT2D eigenvalue weighted by Gasteiger charge is -2.03. The number of thiophene rings is 1. The Bertz CT molecular complexity index is 583. The molecule has 0 amide bonds. The molecule has 1 heterocycles. The second kappa shape index (κ2) is 6.71. The van der Waals surface area contributed by atoms with Crippen molar-refractivity contribution in [2.45, 2.75) is 0 Å². The van der Waals surface area contributed by atoms with Crippen molar-refractivity contribution in [3.63, 3.8) is 0 Å². The summed E-state index contributed by atoms with van der Waals surface area (Å²) in [6.07, 6.45) is 5.07. The Labute approximate surface area is 116 Å². The van der Waals surface area contributed by atoms with Gasteiger partial charge < -0.3 is 4.74 Å². The topological polar surface area (TPSA) is 26.3 Å². The van der Waals surface area contributed by atoms with Crippen molar-refractivity contribution in [1.29, 1.82) is 0 Å². The zero-order chi connectivity index (χ0) is 13.5. The zero-order valence-corrected chi connectivity index (χ0v) is 11.2. The van der Waals surface area contributed by atoms with Crippen LogP contribution in [0, 0.1) is 0 Å². The van der Waals surface area contributed by atoms with Crippen LogP contribution in [0.5, 0.6) is 5.75 Å². The van der Waals surface area contributed by atoms with E-state index in [9.17, 15) is 4.79 Å². The highest BCUT2D eigenvalue weighted by atomic mass is 32.1. The summed E-state index contributed by atoms with van der Waals surface area (Å²) in [5, 5.41) is 1.89. The van der Waals surface area contributed by atoms with Crippen molar-refractivity contribution in [3.05, 3.63) is 70.9 Å². The molecule has 2 rings (SSSR count). The van der Waals surface area contributed by atoms with Gasteiger partial charge in [0.2, 0.25) is 0 Å². The molecule has 1 aromatic heterocycles. The lowest BCUT2D eigenvalue weighted by atomic mass is 10.2. The standard InChI is InChI=1S/C16H14O2S/c1-2-10-18-14-6-3-5-13(12-14)8-9-15(17)16-7-4-11-19-16/h2-9,11-12H,1,10H2/b9-8+. The van der Waals surface area contributed by atoms with Crippen molar-refractivity contribution < 1.29 is 9.53 Å². The van der Waals surface area contributed by atoms with Gasteiger partial charge in [0.25, 0.3) is 0 Å². The van der Waals surface area contributed by atoms with E-state index < -0.39 is 0 Å². The molecule has 0 saturated heterocycles. The van der Waals surface area contributed by atoms with E-state index in [1.165, 1.54) is 11.3 Å². The van der Waals surface area contributed by atoms with E-state index in [0.29, 0.717) is 6.61 Å². The van der Waals surface area contributed by atoms with Gasteiger partial charge in [0.05, 0.1) is 4.88 Å². The molecule has 0 unspecified atom stereocenters. The number of allylic oxidation sites excluding steroid dienone is 1. The van der Waals surface area contributed by atoms with Crippen LogP contribution in [0.4, 0.5) is 0 Å². The van der Waals surface area contributed by atoms with Gasteiger partial charge in [0.1, 0.15) is 12.4 Å². The van der Waals surface area contributed by atoms with Gasteiger partial charge in [-0.2, -0.15) is 0 Å². The Morgan fingerprint density at radius 3 is 2.95 bits per heavy atom. The van der Waals surface area contributed by atoms with Crippen LogP contribution in [0.25, 0.3) is 6.08 Å². The van der Waals surface area contributed by atoms with Crippen LogP contribution in [0.3, 0.4) is 0 Å². The van der Waals surface area contributed by atoms with Gasteiger partial charge in [0, 0.05) is 0 Å². The molecule has 0 radical (unpaired) electrons. The molecular formula is C16H14O2S. The number of carbonyl (C=O) groups is 1. The molecule has 3 heteroatoms. The van der Waals surface area contributed by atoms with Crippen LogP contribution < -0.4 is 4.74 Å². The molecule has 0 bridgehead atoms. The molecule has 0 fully saturated rings. The third-order valence-corrected chi connectivity index (χ3v) is 3.30. The maximum Gasteiger partial charge on any atom is 0.195 e. The number of benzene rings is 1. The lowest BCUT2D eigenvalue weighted by molar-refractivity contribution is 0.105. The molecule has 0 saturated carbocycles. The normalized spacial score (nSPS) is 10.5. The Morgan fingerprint density at radius 2 is 2.21 bits per heavy atom. The van der Waals surface area contributed by atoms with Crippen molar-refractivity contribution >= 4 is 23.2 Å². The fourth-order valence-electron chi connectivity index (χ4n) is 1.54. The van der Waals surface area contributed by atoms with Crippen molar-refractivity contribution in [2.75, 3.05) is 6.61 Å². The van der Waals surface area contributed by atoms with E-state index >= 15 is 0 Å². The first-order valence-electron chi connectivity index (χ1n) is 5.89. The van der Waals surface area contributed by atoms with E-state index in [4.69, 9.17) is 4.74 Å². The average molecular weight is 270 g/mol. The second-order valence-electron chi connectivity index (χ2n) is 3.85. The molecule has 96 valence electrons. The van der Waals surface area contributed by atoms with Gasteiger partial charge in [-0.15, -0.1) is 11.3 Å². The Kier molecular flexibility index (Phi) is 4.70. The fraction of sp³-hybridized carbons (Fsp3) is 0.0625. The molecular weight excluding hydrogens is 256 g/mol. The molecule has 2 aromatic rings. The van der Waals surface area contributed by atoms with Crippen LogP contribution in [0.1, 0.15) is 15.2 Å². The van der Waals surface area contributed by atoms with Gasteiger partial charge >= 0.3 is 0 Å². The van der Waals surface area contributed by atoms with E-state index in [-0.39, 0.29) is 5.78 Å². The average Bonchev–Trinajstić information content (AvgIpc) is 2.97. The molecule has 0 aliphatic carbocycles. The van der Waals surface area contributed by atoms with Gasteiger partial charge in [-0.1, -0.05) is 36.9 Å². The molecule has 0 N–H and O–H groups in total. The summed E-state index contributed by atoms with van der Waals surface area (Å²) in [6.45, 7) is 4.08. The highest BCUT2D eigenvalue weighted by Crippen LogP contribution is 2.16. The fourth-order valence-corrected chi connectivity index (χ4v) is 2.18. The van der Waals surface area contributed by atoms with Gasteiger partial charge in [0.15, 0.2) is 5.78 Å². The van der Waals surface area contributed by atoms with Crippen molar-refractivity contribution in [2.24, 2.45) is 0 Å². The maximum absolute atomic E-state index is 11.8. The summed E-state index contributed by atoms with van der Waals surface area (Å²) in [5.41, 5.74) is 0.937. The molecule has 0 atom stereocenters. The first-order chi connectivity index (χ1) is 9.29. The summed E-state index contributed by atoms with van der Waals surface area (Å²) in [5.74, 6) is 0.790. The molecule has 19 heavy (non-hydrogen) atoms. The summed E-state index contributed by atoms with van der Waals surface area (Å²) < 4.78 is 5.44. The minimum atomic E-state index is 0.0208. The molecule has 0 aliphatic rings. The quantitative estimate of drug-likeness (QED) is 0.446. The SMILES string of the molecule is C=CCOc1cccc(/C=C/C(=O)c2cccs2)c1. The maximum atomic E-state index is 11.8. The van der Waals surface area contributed by atoms with Crippen molar-refractivity contribution in [1.82, 2.24) is 0 Å². The predicted octanol–water partition coefficient (Wildman–Crippen LogP) is 4.21. The van der Waals surface area contributed by atoms with E-state index in [1.54, 1.807) is 18.2 Å². The van der Waals surface area contributed by atoms with Crippen LogP contribution >= 0.6 is 11.3 Å². The van der Waals surface area contributed by atoms with E-state index in [1.807, 2.05) is 41.8 Å². The Morgan fingerprint density at radius 1 is 1.32 bits per heavy atom.